The topological polar surface area (TPSA) is 715 Å². The van der Waals surface area contributed by atoms with Crippen molar-refractivity contribution in [3.8, 4) is 0 Å². The molecule has 1 aromatic heterocycles. The Kier molecular flexibility index (Phi) is 47.5. The van der Waals surface area contributed by atoms with E-state index in [0.29, 0.717) is 109 Å². The summed E-state index contributed by atoms with van der Waals surface area (Å²) in [5.41, 5.74) is 36.1. The van der Waals surface area contributed by atoms with E-state index in [1.165, 1.54) is 58.3 Å². The maximum atomic E-state index is 14.6. The van der Waals surface area contributed by atoms with Gasteiger partial charge in [-0.25, -0.2) is 0 Å². The van der Waals surface area contributed by atoms with E-state index in [1.54, 1.807) is 27.8 Å². The molecule has 0 saturated carbocycles. The monoisotopic (exact) mass is 2010 g/mol. The number of carbonyl (C=O) groups excluding carboxylic acids is 19. The highest BCUT2D eigenvalue weighted by Gasteiger charge is 2.51. The van der Waals surface area contributed by atoms with Crippen LogP contribution in [0.5, 0.6) is 0 Å². The Balaban J connectivity index is 0.845. The zero-order valence-electron chi connectivity index (χ0n) is 83.7. The van der Waals surface area contributed by atoms with E-state index in [4.69, 9.17) is 34.4 Å². The molecule has 1 unspecified atom stereocenters. The first kappa shape index (κ1) is 117. The molecule has 5 saturated heterocycles. The summed E-state index contributed by atoms with van der Waals surface area (Å²) in [5.74, 6) is -14.7. The zero-order chi connectivity index (χ0) is 105. The quantitative estimate of drug-likeness (QED) is 0.0223. The van der Waals surface area contributed by atoms with E-state index in [1.807, 2.05) is 45.0 Å². The lowest BCUT2D eigenvalue weighted by molar-refractivity contribution is -0.151. The van der Waals surface area contributed by atoms with Gasteiger partial charge in [-0.1, -0.05) is 39.0 Å². The maximum absolute atomic E-state index is 14.6. The summed E-state index contributed by atoms with van der Waals surface area (Å²) >= 11 is 1.55. The van der Waals surface area contributed by atoms with E-state index >= 15 is 0 Å². The minimum absolute atomic E-state index is 0.0356. The summed E-state index contributed by atoms with van der Waals surface area (Å²) in [7, 11) is 0. The molecule has 5 aliphatic heterocycles. The van der Waals surface area contributed by atoms with E-state index in [-0.39, 0.29) is 134 Å². The predicted octanol–water partition coefficient (Wildman–Crippen LogP) is -3.77. The number of rotatable bonds is 56. The van der Waals surface area contributed by atoms with Crippen LogP contribution in [0.15, 0.2) is 30.5 Å². The van der Waals surface area contributed by atoms with Crippen LogP contribution in [0.2, 0.25) is 0 Å². The molecule has 0 aliphatic carbocycles. The van der Waals surface area contributed by atoms with Crippen molar-refractivity contribution in [1.82, 2.24) is 99.0 Å². The SMILES string of the molecule is C[C@H](NC(=O)[C@H](C)NC(=O)[C@H](C)NC(=O)[C@@H]1CCC2CS[C@@H]3C[C@H](C(=O)N21)N(C(=O)CC(=O)O)C3)C(=O)N[C@@H](C)C(=O)N[C@@H](CCCCN)C(=O)N[C@@H](C)C(=O)N[C@@H](C)C(=O)N[C@@H](C)C(=O)N[C@@H](CC(C)(C)C)C(=O)N1CCC(C(=O)N2CCC(C(=O)N[C@@H](CCCCN)C(=O)N[C@@H](CCCCN)C(=O)N[C@@H](CCCCN)C(=O)N[C@@H](CCCCN)C(=O)N[C@@H](Cc3c[nH]c4ccccc34)C(N)=O)CC2)CC1. The normalized spacial score (nSPS) is 19.6. The fourth-order valence-corrected chi connectivity index (χ4v) is 19.4. The lowest BCUT2D eigenvalue weighted by atomic mass is 9.86. The highest BCUT2D eigenvalue weighted by molar-refractivity contribution is 8.00. The Morgan fingerprint density at radius 2 is 0.803 bits per heavy atom. The van der Waals surface area contributed by atoms with Crippen molar-refractivity contribution in [2.45, 2.75) is 338 Å². The van der Waals surface area contributed by atoms with Crippen LogP contribution in [0.25, 0.3) is 10.9 Å². The van der Waals surface area contributed by atoms with Gasteiger partial charge in [-0.3, -0.25) is 95.9 Å². The van der Waals surface area contributed by atoms with Gasteiger partial charge < -0.3 is 139 Å². The van der Waals surface area contributed by atoms with Crippen LogP contribution in [0.1, 0.15) is 229 Å². The summed E-state index contributed by atoms with van der Waals surface area (Å²) in [4.78, 5) is 284. The van der Waals surface area contributed by atoms with Crippen molar-refractivity contribution in [3.63, 3.8) is 0 Å². The molecule has 19 amide bonds. The van der Waals surface area contributed by atoms with Gasteiger partial charge in [0.25, 0.3) is 0 Å². The zero-order valence-corrected chi connectivity index (χ0v) is 84.5. The Morgan fingerprint density at radius 3 is 1.22 bits per heavy atom. The first-order valence-corrected chi connectivity index (χ1v) is 51.0. The maximum Gasteiger partial charge on any atom is 0.312 e. The number of amides is 19. The fourth-order valence-electron chi connectivity index (χ4n) is 18.0. The number of nitrogens with two attached hydrogens (primary N) is 6. The molecule has 2 aromatic rings. The standard InChI is InChI=1S/C95H155N25O21S/c1-52(105-82(129)56(5)109-91(138)73-31-30-62-51-142-63-46-74(94(141)120(62)73)119(50-63)75(121)47-76(122)123)78(125)103-53(2)79(126)106-57(6)83(130)110-66(25-13-18-36-96)86(133)108-55(4)81(128)104-54(3)80(127)107-58(7)84(131)116-72(48-95(8,9)10)93(140)118-43-34-60(35-44-118)92(139)117-41-32-59(33-42-117)85(132)111-67(26-14-19-37-97)87(134)112-68(27-15-20-38-98)88(135)113-69(28-16-21-39-99)89(136)114-70(29-17-22-40-100)90(137)115-71(77(101)124)45-61-49-102-65-24-12-11-23-64(61)65/h11-12,23-24,49,52-60,62-63,66-74,102H,13-22,25-48,50-51,96-100H2,1-10H3,(H2,101,124)(H,103,125)(H,104,128)(H,105,129)(H,106,126)(H,107,127)(H,108,133)(H,109,138)(H,110,130)(H,111,132)(H,112,134)(H,113,135)(H,114,136)(H,115,137)(H,116,131)(H,122,123)/t52-,53-,54-,55-,56-,57-,58-,62?,63+,66-,67-,68-,69-,70-,71-,72-,73-,74+/m0/s1. The average Bonchev–Trinajstić information content (AvgIpc) is 1.61. The number of primary amides is 1. The molecule has 2 bridgehead atoms. The van der Waals surface area contributed by atoms with Crippen molar-refractivity contribution in [2.75, 3.05) is 71.2 Å². The number of hydrogen-bond donors (Lipinski definition) is 22. The number of likely N-dealkylation sites (tertiary alicyclic amines) is 3. The second-order valence-electron chi connectivity index (χ2n) is 39.2. The summed E-state index contributed by atoms with van der Waals surface area (Å²) in [6.07, 6.45) is 8.29. The number of fused-ring (bicyclic) bond motifs is 4. The second kappa shape index (κ2) is 57.6. The van der Waals surface area contributed by atoms with Crippen molar-refractivity contribution >= 4 is 141 Å². The van der Waals surface area contributed by atoms with Crippen LogP contribution in [0, 0.1) is 17.3 Å². The molecule has 142 heavy (non-hydrogen) atoms. The minimum atomic E-state index is -1.33. The highest BCUT2D eigenvalue weighted by Crippen LogP contribution is 2.39. The molecule has 7 rings (SSSR count). The number of carboxylic acid groups (broad SMARTS) is 1. The van der Waals surface area contributed by atoms with Gasteiger partial charge in [0.15, 0.2) is 0 Å². The first-order valence-electron chi connectivity index (χ1n) is 49.9. The molecule has 5 aliphatic rings. The molecule has 0 radical (unpaired) electrons. The van der Waals surface area contributed by atoms with Crippen LogP contribution in [0.4, 0.5) is 0 Å². The summed E-state index contributed by atoms with van der Waals surface area (Å²) in [6.45, 7) is 17.5. The van der Waals surface area contributed by atoms with Gasteiger partial charge in [0.2, 0.25) is 112 Å². The van der Waals surface area contributed by atoms with Gasteiger partial charge in [0.05, 0.1) is 0 Å². The number of aromatic nitrogens is 1. The number of thioether (sulfide) groups is 1. The van der Waals surface area contributed by atoms with E-state index in [0.717, 1.165) is 16.5 Å². The minimum Gasteiger partial charge on any atom is -0.481 e. The number of nitrogens with one attached hydrogen (secondary N) is 15. The van der Waals surface area contributed by atoms with Crippen molar-refractivity contribution in [2.24, 2.45) is 51.7 Å². The highest BCUT2D eigenvalue weighted by atomic mass is 32.2. The summed E-state index contributed by atoms with van der Waals surface area (Å²) in [6, 6.07) is -12.0. The smallest absolute Gasteiger partial charge is 0.312 e. The molecule has 47 heteroatoms. The summed E-state index contributed by atoms with van der Waals surface area (Å²) < 4.78 is 0. The number of hydrogen-bond acceptors (Lipinski definition) is 26. The number of piperidine rings is 2. The van der Waals surface area contributed by atoms with Gasteiger partial charge >= 0.3 is 5.97 Å². The Morgan fingerprint density at radius 1 is 0.437 bits per heavy atom. The van der Waals surface area contributed by atoms with Crippen LogP contribution >= 0.6 is 11.8 Å². The Labute approximate surface area is 833 Å². The number of H-pyrrole nitrogens is 1. The molecule has 792 valence electrons. The van der Waals surface area contributed by atoms with Crippen molar-refractivity contribution in [1.29, 1.82) is 0 Å². The van der Waals surface area contributed by atoms with E-state index < -0.39 is 233 Å². The lowest BCUT2D eigenvalue weighted by Gasteiger charge is -2.38. The predicted molar refractivity (Wildman–Crippen MR) is 527 cm³/mol. The Bertz CT molecular complexity index is 4690. The van der Waals surface area contributed by atoms with Crippen LogP contribution in [-0.4, -0.2) is 327 Å². The number of nitrogens with zero attached hydrogens (tertiary/aromatic N) is 4. The van der Waals surface area contributed by atoms with Crippen molar-refractivity contribution < 1.29 is 101 Å². The van der Waals surface area contributed by atoms with Gasteiger partial charge in [-0.15, -0.1) is 0 Å². The molecule has 18 atom stereocenters. The van der Waals surface area contributed by atoms with Crippen LogP contribution < -0.4 is 109 Å². The van der Waals surface area contributed by atoms with Crippen molar-refractivity contribution in [3.05, 3.63) is 36.0 Å². The number of benzene rings is 1. The third kappa shape index (κ3) is 36.0. The molecule has 5 fully saturated rings. The van der Waals surface area contributed by atoms with E-state index in [9.17, 15) is 101 Å². The number of aromatic amines is 1. The fraction of sp³-hybridized carbons (Fsp3) is 0.705. The van der Waals surface area contributed by atoms with E-state index in [2.05, 4.69) is 79.4 Å². The van der Waals surface area contributed by atoms with Gasteiger partial charge in [0.1, 0.15) is 103 Å². The Hall–Kier alpha value is -11.7. The van der Waals surface area contributed by atoms with Gasteiger partial charge in [-0.05, 0) is 246 Å². The average molecular weight is 2020 g/mol. The third-order valence-corrected chi connectivity index (χ3v) is 27.8. The van der Waals surface area contributed by atoms with Gasteiger partial charge in [-0.2, -0.15) is 11.8 Å². The molecule has 0 spiro atoms. The molecule has 46 nitrogen and oxygen atoms in total. The number of aliphatic carboxylic acids is 1. The molecule has 1 aromatic carbocycles. The third-order valence-electron chi connectivity index (χ3n) is 26.4. The number of carbonyl (C=O) groups is 20. The largest absolute Gasteiger partial charge is 0.481 e. The van der Waals surface area contributed by atoms with Crippen LogP contribution in [-0.2, 0) is 102 Å². The molecule has 6 heterocycles. The molecular formula is C95H155N25O21S. The summed E-state index contributed by atoms with van der Waals surface area (Å²) in [5, 5.41) is 47.2. The number of para-hydroxylation sites is 1. The van der Waals surface area contributed by atoms with Gasteiger partial charge in [0, 0.05) is 85.1 Å². The number of carboxylic acids is 1. The molecule has 28 N–H and O–H groups in total. The first-order chi connectivity index (χ1) is 67.3. The molecular weight excluding hydrogens is 1860 g/mol. The number of unbranched alkanes of at least 4 members (excludes halogenated alkanes) is 5. The second-order valence-corrected chi connectivity index (χ2v) is 40.5. The van der Waals surface area contributed by atoms with Crippen LogP contribution in [0.3, 0.4) is 0 Å². The lowest BCUT2D eigenvalue weighted by Crippen LogP contribution is -2.59.